The van der Waals surface area contributed by atoms with Gasteiger partial charge in [-0.05, 0) is 35.0 Å². The Labute approximate surface area is 140 Å². The van der Waals surface area contributed by atoms with Gasteiger partial charge in [-0.1, -0.05) is 28.1 Å². The smallest absolute Gasteiger partial charge is 0.266 e. The zero-order valence-electron chi connectivity index (χ0n) is 11.8. The Kier molecular flexibility index (Phi) is 4.40. The van der Waals surface area contributed by atoms with Crippen LogP contribution in [0.3, 0.4) is 0 Å². The van der Waals surface area contributed by atoms with Gasteiger partial charge in [0.05, 0.1) is 0 Å². The minimum absolute atomic E-state index is 0.0158. The highest BCUT2D eigenvalue weighted by molar-refractivity contribution is 9.10. The number of anilines is 1. The van der Waals surface area contributed by atoms with Gasteiger partial charge < -0.3 is 4.74 Å². The first-order valence-corrected chi connectivity index (χ1v) is 8.29. The molecule has 0 saturated heterocycles. The molecule has 0 aliphatic carbocycles. The van der Waals surface area contributed by atoms with E-state index in [0.717, 1.165) is 15.2 Å². The Morgan fingerprint density at radius 2 is 2.05 bits per heavy atom. The molecule has 0 fully saturated rings. The Morgan fingerprint density at radius 3 is 2.82 bits per heavy atom. The monoisotopic (exact) mass is 376 g/mol. The zero-order valence-corrected chi connectivity index (χ0v) is 14.2. The van der Waals surface area contributed by atoms with E-state index in [1.54, 1.807) is 13.2 Å². The number of thiazole rings is 1. The van der Waals surface area contributed by atoms with Gasteiger partial charge in [0.25, 0.3) is 5.91 Å². The number of aromatic nitrogens is 1. The van der Waals surface area contributed by atoms with Gasteiger partial charge in [0.2, 0.25) is 0 Å². The number of carbonyl (C=O) groups is 1. The molecule has 0 aliphatic heterocycles. The third-order valence-corrected chi connectivity index (χ3v) is 4.56. The van der Waals surface area contributed by atoms with E-state index in [-0.39, 0.29) is 12.5 Å². The zero-order chi connectivity index (χ0) is 15.5. The van der Waals surface area contributed by atoms with Crippen molar-refractivity contribution < 1.29 is 9.53 Å². The molecule has 1 aromatic heterocycles. The highest BCUT2D eigenvalue weighted by Crippen LogP contribution is 2.24. The first kappa shape index (κ1) is 15.0. The Balaban J connectivity index is 1.68. The molecule has 1 heterocycles. The van der Waals surface area contributed by atoms with E-state index < -0.39 is 0 Å². The number of ether oxygens (including phenoxy) is 1. The van der Waals surface area contributed by atoms with Crippen LogP contribution in [0.15, 0.2) is 52.4 Å². The van der Waals surface area contributed by atoms with Crippen molar-refractivity contribution in [3.8, 4) is 5.75 Å². The third-order valence-electron chi connectivity index (χ3n) is 3.22. The molecule has 3 rings (SSSR count). The normalized spacial score (nSPS) is 10.6. The quantitative estimate of drug-likeness (QED) is 0.688. The van der Waals surface area contributed by atoms with Crippen molar-refractivity contribution in [2.45, 2.75) is 0 Å². The summed E-state index contributed by atoms with van der Waals surface area (Å²) in [6, 6.07) is 11.8. The van der Waals surface area contributed by atoms with Crippen LogP contribution in [-0.4, -0.2) is 24.5 Å². The molecule has 3 aromatic rings. The fourth-order valence-corrected chi connectivity index (χ4v) is 3.02. The fraction of sp³-hybridized carbons (Fsp3) is 0.125. The predicted molar refractivity (Wildman–Crippen MR) is 92.7 cm³/mol. The molecule has 0 unspecified atom stereocenters. The standard InChI is InChI=1S/C16H13BrN2O2S/c1-19(16-18-6-7-22-16)15(20)10-21-14-5-3-11-8-13(17)4-2-12(11)9-14/h2-9H,10H2,1H3. The number of hydrogen-bond donors (Lipinski definition) is 0. The highest BCUT2D eigenvalue weighted by Gasteiger charge is 2.13. The maximum absolute atomic E-state index is 12.1. The second-order valence-electron chi connectivity index (χ2n) is 4.71. The number of carbonyl (C=O) groups excluding carboxylic acids is 1. The number of benzene rings is 2. The largest absolute Gasteiger partial charge is 0.484 e. The average molecular weight is 377 g/mol. The molecule has 0 bridgehead atoms. The molecular weight excluding hydrogens is 364 g/mol. The second-order valence-corrected chi connectivity index (χ2v) is 6.50. The van der Waals surface area contributed by atoms with Crippen LogP contribution in [0.5, 0.6) is 5.75 Å². The number of hydrogen-bond acceptors (Lipinski definition) is 4. The number of fused-ring (bicyclic) bond motifs is 1. The predicted octanol–water partition coefficient (Wildman–Crippen LogP) is 4.10. The highest BCUT2D eigenvalue weighted by atomic mass is 79.9. The van der Waals surface area contributed by atoms with Gasteiger partial charge in [-0.15, -0.1) is 11.3 Å². The van der Waals surface area contributed by atoms with E-state index in [1.807, 2.05) is 41.8 Å². The number of amides is 1. The van der Waals surface area contributed by atoms with Gasteiger partial charge >= 0.3 is 0 Å². The first-order chi connectivity index (χ1) is 10.6. The van der Waals surface area contributed by atoms with Crippen molar-refractivity contribution in [1.82, 2.24) is 4.98 Å². The van der Waals surface area contributed by atoms with Gasteiger partial charge in [-0.25, -0.2) is 4.98 Å². The molecule has 0 aliphatic rings. The van der Waals surface area contributed by atoms with E-state index in [2.05, 4.69) is 20.9 Å². The van der Waals surface area contributed by atoms with Gasteiger partial charge in [0, 0.05) is 23.1 Å². The van der Waals surface area contributed by atoms with Crippen LogP contribution in [-0.2, 0) is 4.79 Å². The summed E-state index contributed by atoms with van der Waals surface area (Å²) in [7, 11) is 1.70. The Morgan fingerprint density at radius 1 is 1.27 bits per heavy atom. The van der Waals surface area contributed by atoms with Gasteiger partial charge in [0.1, 0.15) is 5.75 Å². The lowest BCUT2D eigenvalue weighted by Crippen LogP contribution is -2.31. The summed E-state index contributed by atoms with van der Waals surface area (Å²) in [6.07, 6.45) is 1.67. The summed E-state index contributed by atoms with van der Waals surface area (Å²) in [4.78, 5) is 17.7. The van der Waals surface area contributed by atoms with Crippen LogP contribution < -0.4 is 9.64 Å². The van der Waals surface area contributed by atoms with Crippen LogP contribution >= 0.6 is 27.3 Å². The van der Waals surface area contributed by atoms with E-state index >= 15 is 0 Å². The maximum Gasteiger partial charge on any atom is 0.266 e. The van der Waals surface area contributed by atoms with Crippen molar-refractivity contribution in [1.29, 1.82) is 0 Å². The number of rotatable bonds is 4. The molecule has 1 amide bonds. The second kappa shape index (κ2) is 6.46. The third kappa shape index (κ3) is 3.28. The SMILES string of the molecule is CN(C(=O)COc1ccc2cc(Br)ccc2c1)c1nccs1. The first-order valence-electron chi connectivity index (χ1n) is 6.61. The van der Waals surface area contributed by atoms with E-state index in [9.17, 15) is 4.79 Å². The lowest BCUT2D eigenvalue weighted by atomic mass is 10.1. The van der Waals surface area contributed by atoms with E-state index in [0.29, 0.717) is 10.9 Å². The summed E-state index contributed by atoms with van der Waals surface area (Å²) in [6.45, 7) is -0.0158. The molecule has 6 heteroatoms. The molecule has 0 spiro atoms. The van der Waals surface area contributed by atoms with Crippen molar-refractivity contribution in [2.75, 3.05) is 18.6 Å². The Bertz CT molecular complexity index is 805. The summed E-state index contributed by atoms with van der Waals surface area (Å²) < 4.78 is 6.64. The van der Waals surface area contributed by atoms with Crippen LogP contribution in [0, 0.1) is 0 Å². The van der Waals surface area contributed by atoms with Crippen LogP contribution in [0.2, 0.25) is 0 Å². The molecule has 22 heavy (non-hydrogen) atoms. The lowest BCUT2D eigenvalue weighted by molar-refractivity contribution is -0.120. The summed E-state index contributed by atoms with van der Waals surface area (Å²) in [5.74, 6) is 0.543. The number of halogens is 1. The molecule has 0 N–H and O–H groups in total. The van der Waals surface area contributed by atoms with Crippen molar-refractivity contribution in [3.05, 3.63) is 52.4 Å². The van der Waals surface area contributed by atoms with Gasteiger partial charge in [0.15, 0.2) is 11.7 Å². The number of nitrogens with zero attached hydrogens (tertiary/aromatic N) is 2. The molecule has 2 aromatic carbocycles. The Hall–Kier alpha value is -1.92. The lowest BCUT2D eigenvalue weighted by Gasteiger charge is -2.14. The van der Waals surface area contributed by atoms with Gasteiger partial charge in [-0.3, -0.25) is 9.69 Å². The molecule has 112 valence electrons. The van der Waals surface area contributed by atoms with Crippen LogP contribution in [0.4, 0.5) is 5.13 Å². The van der Waals surface area contributed by atoms with Crippen molar-refractivity contribution >= 4 is 49.1 Å². The van der Waals surface area contributed by atoms with Crippen LogP contribution in [0.25, 0.3) is 10.8 Å². The summed E-state index contributed by atoms with van der Waals surface area (Å²) >= 11 is 4.87. The maximum atomic E-state index is 12.1. The van der Waals surface area contributed by atoms with Crippen molar-refractivity contribution in [2.24, 2.45) is 0 Å². The topological polar surface area (TPSA) is 42.4 Å². The molecule has 4 nitrogen and oxygen atoms in total. The molecular formula is C16H13BrN2O2S. The van der Waals surface area contributed by atoms with E-state index in [4.69, 9.17) is 4.74 Å². The molecule has 0 atom stereocenters. The summed E-state index contributed by atoms with van der Waals surface area (Å²) in [5.41, 5.74) is 0. The van der Waals surface area contributed by atoms with Gasteiger partial charge in [-0.2, -0.15) is 0 Å². The number of likely N-dealkylation sites (N-methyl/N-ethyl adjacent to an activating group) is 1. The average Bonchev–Trinajstić information content (AvgIpc) is 3.06. The molecule has 0 radical (unpaired) electrons. The van der Waals surface area contributed by atoms with E-state index in [1.165, 1.54) is 16.2 Å². The summed E-state index contributed by atoms with van der Waals surface area (Å²) in [5, 5.41) is 4.69. The van der Waals surface area contributed by atoms with Crippen molar-refractivity contribution in [3.63, 3.8) is 0 Å². The minimum atomic E-state index is -0.133. The molecule has 0 saturated carbocycles. The fourth-order valence-electron chi connectivity index (χ4n) is 2.01. The minimum Gasteiger partial charge on any atom is -0.484 e. The van der Waals surface area contributed by atoms with Crippen LogP contribution in [0.1, 0.15) is 0 Å².